The highest BCUT2D eigenvalue weighted by molar-refractivity contribution is 5.97. The number of aromatic amines is 1. The van der Waals surface area contributed by atoms with Gasteiger partial charge in [0.1, 0.15) is 5.69 Å². The van der Waals surface area contributed by atoms with Gasteiger partial charge in [0.25, 0.3) is 5.91 Å². The second kappa shape index (κ2) is 5.18. The molecule has 0 aromatic carbocycles. The summed E-state index contributed by atoms with van der Waals surface area (Å²) in [6.45, 7) is 0.114. The van der Waals surface area contributed by atoms with E-state index in [0.717, 1.165) is 25.7 Å². The molecule has 2 atom stereocenters. The Bertz CT molecular complexity index is 391. The average Bonchev–Trinajstić information content (AvgIpc) is 2.76. The molecule has 1 amide bonds. The number of rotatable bonds is 3. The molecule has 0 aliphatic heterocycles. The van der Waals surface area contributed by atoms with E-state index in [1.54, 1.807) is 0 Å². The van der Waals surface area contributed by atoms with Gasteiger partial charge in [0.05, 0.1) is 11.9 Å². The highest BCUT2D eigenvalue weighted by atomic mass is 16.3. The van der Waals surface area contributed by atoms with Crippen LogP contribution in [0, 0.1) is 5.92 Å². The molecule has 1 heterocycles. The van der Waals surface area contributed by atoms with Gasteiger partial charge in [0.2, 0.25) is 0 Å². The first-order valence-corrected chi connectivity index (χ1v) is 5.93. The molecule has 1 aliphatic rings. The largest absolute Gasteiger partial charge is 0.396 e. The molecular formula is C11H18N4O2. The van der Waals surface area contributed by atoms with Crippen molar-refractivity contribution in [2.24, 2.45) is 5.92 Å². The van der Waals surface area contributed by atoms with Crippen LogP contribution in [0.1, 0.15) is 36.2 Å². The maximum Gasteiger partial charge on any atom is 0.271 e. The fraction of sp³-hybridized carbons (Fsp3) is 0.636. The van der Waals surface area contributed by atoms with Crippen LogP contribution in [-0.2, 0) is 0 Å². The van der Waals surface area contributed by atoms with E-state index in [0.29, 0.717) is 11.4 Å². The predicted molar refractivity (Wildman–Crippen MR) is 63.3 cm³/mol. The summed E-state index contributed by atoms with van der Waals surface area (Å²) in [6.07, 6.45) is 5.48. The van der Waals surface area contributed by atoms with Crippen LogP contribution >= 0.6 is 0 Å². The number of hydrogen-bond donors (Lipinski definition) is 4. The average molecular weight is 238 g/mol. The lowest BCUT2D eigenvalue weighted by atomic mass is 9.85. The zero-order chi connectivity index (χ0) is 12.3. The lowest BCUT2D eigenvalue weighted by Crippen LogP contribution is -2.43. The highest BCUT2D eigenvalue weighted by Crippen LogP contribution is 2.24. The topological polar surface area (TPSA) is 104 Å². The van der Waals surface area contributed by atoms with E-state index in [1.807, 2.05) is 0 Å². The van der Waals surface area contributed by atoms with Crippen LogP contribution in [0.25, 0.3) is 0 Å². The maximum atomic E-state index is 11.9. The third-order valence-electron chi connectivity index (χ3n) is 3.36. The Morgan fingerprint density at radius 2 is 2.35 bits per heavy atom. The van der Waals surface area contributed by atoms with E-state index >= 15 is 0 Å². The van der Waals surface area contributed by atoms with Crippen molar-refractivity contribution in [2.45, 2.75) is 31.7 Å². The van der Waals surface area contributed by atoms with Crippen LogP contribution in [0.2, 0.25) is 0 Å². The molecule has 5 N–H and O–H groups in total. The summed E-state index contributed by atoms with van der Waals surface area (Å²) < 4.78 is 0. The number of hydrogen-bond acceptors (Lipinski definition) is 4. The molecule has 1 aromatic rings. The molecule has 0 spiro atoms. The Kier molecular flexibility index (Phi) is 3.63. The zero-order valence-electron chi connectivity index (χ0n) is 9.65. The van der Waals surface area contributed by atoms with E-state index < -0.39 is 0 Å². The van der Waals surface area contributed by atoms with Gasteiger partial charge in [0.15, 0.2) is 0 Å². The first-order valence-electron chi connectivity index (χ1n) is 5.93. The van der Waals surface area contributed by atoms with E-state index in [-0.39, 0.29) is 24.5 Å². The van der Waals surface area contributed by atoms with Gasteiger partial charge in [-0.1, -0.05) is 12.8 Å². The van der Waals surface area contributed by atoms with Crippen LogP contribution in [0.5, 0.6) is 0 Å². The number of carbonyl (C=O) groups excluding carboxylic acids is 1. The van der Waals surface area contributed by atoms with E-state index in [1.165, 1.54) is 6.20 Å². The summed E-state index contributed by atoms with van der Waals surface area (Å²) in [4.78, 5) is 11.9. The molecular weight excluding hydrogens is 220 g/mol. The van der Waals surface area contributed by atoms with E-state index in [2.05, 4.69) is 15.5 Å². The van der Waals surface area contributed by atoms with Crippen molar-refractivity contribution in [3.8, 4) is 0 Å². The Balaban J connectivity index is 2.00. The first-order chi connectivity index (χ1) is 8.22. The quantitative estimate of drug-likeness (QED) is 0.606. The fourth-order valence-electron chi connectivity index (χ4n) is 2.33. The molecule has 6 nitrogen and oxygen atoms in total. The van der Waals surface area contributed by atoms with Crippen LogP contribution in [0.15, 0.2) is 6.20 Å². The summed E-state index contributed by atoms with van der Waals surface area (Å²) in [7, 11) is 0. The van der Waals surface area contributed by atoms with Gasteiger partial charge in [-0.3, -0.25) is 9.89 Å². The molecule has 17 heavy (non-hydrogen) atoms. The summed E-state index contributed by atoms with van der Waals surface area (Å²) in [6, 6.07) is 0.0314. The second-order valence-electron chi connectivity index (χ2n) is 4.51. The van der Waals surface area contributed by atoms with Crippen molar-refractivity contribution < 1.29 is 9.90 Å². The zero-order valence-corrected chi connectivity index (χ0v) is 9.65. The van der Waals surface area contributed by atoms with Crippen LogP contribution in [0.4, 0.5) is 5.69 Å². The highest BCUT2D eigenvalue weighted by Gasteiger charge is 2.26. The molecule has 1 saturated carbocycles. The van der Waals surface area contributed by atoms with Crippen molar-refractivity contribution >= 4 is 11.6 Å². The number of aromatic nitrogens is 2. The Morgan fingerprint density at radius 3 is 3.00 bits per heavy atom. The summed E-state index contributed by atoms with van der Waals surface area (Å²) >= 11 is 0. The smallest absolute Gasteiger partial charge is 0.271 e. The number of nitrogens with two attached hydrogens (primary N) is 1. The fourth-order valence-corrected chi connectivity index (χ4v) is 2.33. The van der Waals surface area contributed by atoms with E-state index in [4.69, 9.17) is 5.73 Å². The molecule has 2 rings (SSSR count). The molecule has 1 aromatic heterocycles. The SMILES string of the molecule is Nc1cn[nH]c1C(=O)NC1CCCCC1CO. The Hall–Kier alpha value is -1.56. The molecule has 0 radical (unpaired) electrons. The number of nitrogen functional groups attached to an aromatic ring is 1. The first kappa shape index (κ1) is 11.9. The van der Waals surface area contributed by atoms with Crippen molar-refractivity contribution in [1.82, 2.24) is 15.5 Å². The number of amides is 1. The Morgan fingerprint density at radius 1 is 1.59 bits per heavy atom. The van der Waals surface area contributed by atoms with Gasteiger partial charge >= 0.3 is 0 Å². The minimum absolute atomic E-state index is 0.0314. The summed E-state index contributed by atoms with van der Waals surface area (Å²) in [5.41, 5.74) is 6.25. The maximum absolute atomic E-state index is 11.9. The number of carbonyl (C=O) groups is 1. The number of H-pyrrole nitrogens is 1. The third-order valence-corrected chi connectivity index (χ3v) is 3.36. The molecule has 6 heteroatoms. The molecule has 1 fully saturated rings. The molecule has 0 saturated heterocycles. The predicted octanol–water partition coefficient (Wildman–Crippen LogP) is 0.273. The van der Waals surface area contributed by atoms with Crippen LogP contribution in [-0.4, -0.2) is 33.9 Å². The van der Waals surface area contributed by atoms with Gasteiger partial charge in [-0.2, -0.15) is 5.10 Å². The minimum Gasteiger partial charge on any atom is -0.396 e. The standard InChI is InChI=1S/C11H18N4O2/c12-8-5-13-15-10(8)11(17)14-9-4-2-1-3-7(9)6-16/h5,7,9,16H,1-4,6,12H2,(H,13,15)(H,14,17). The molecule has 94 valence electrons. The number of nitrogens with zero attached hydrogens (tertiary/aromatic N) is 1. The van der Waals surface area contributed by atoms with Crippen LogP contribution < -0.4 is 11.1 Å². The Labute approximate surface area is 99.6 Å². The van der Waals surface area contributed by atoms with Gasteiger partial charge < -0.3 is 16.2 Å². The van der Waals surface area contributed by atoms with Crippen molar-refractivity contribution in [2.75, 3.05) is 12.3 Å². The number of anilines is 1. The monoisotopic (exact) mass is 238 g/mol. The number of nitrogens with one attached hydrogen (secondary N) is 2. The third kappa shape index (κ3) is 2.58. The second-order valence-corrected chi connectivity index (χ2v) is 4.51. The molecule has 2 unspecified atom stereocenters. The van der Waals surface area contributed by atoms with E-state index in [9.17, 15) is 9.90 Å². The lowest BCUT2D eigenvalue weighted by Gasteiger charge is -2.30. The lowest BCUT2D eigenvalue weighted by molar-refractivity contribution is 0.0868. The van der Waals surface area contributed by atoms with Crippen molar-refractivity contribution in [1.29, 1.82) is 0 Å². The van der Waals surface area contributed by atoms with Crippen LogP contribution in [0.3, 0.4) is 0 Å². The molecule has 1 aliphatic carbocycles. The normalized spacial score (nSPS) is 24.5. The van der Waals surface area contributed by atoms with Gasteiger partial charge in [-0.25, -0.2) is 0 Å². The van der Waals surface area contributed by atoms with Gasteiger partial charge in [0, 0.05) is 18.6 Å². The van der Waals surface area contributed by atoms with Crippen molar-refractivity contribution in [3.05, 3.63) is 11.9 Å². The number of aliphatic hydroxyl groups is 1. The summed E-state index contributed by atoms with van der Waals surface area (Å²) in [5, 5.41) is 18.5. The van der Waals surface area contributed by atoms with Gasteiger partial charge in [-0.05, 0) is 12.8 Å². The minimum atomic E-state index is -0.245. The van der Waals surface area contributed by atoms with Gasteiger partial charge in [-0.15, -0.1) is 0 Å². The summed E-state index contributed by atoms with van der Waals surface area (Å²) in [5.74, 6) is -0.0952. The molecule has 0 bridgehead atoms. The van der Waals surface area contributed by atoms with Crippen molar-refractivity contribution in [3.63, 3.8) is 0 Å². The number of aliphatic hydroxyl groups excluding tert-OH is 1.